The smallest absolute Gasteiger partial charge is 0.263 e. The van der Waals surface area contributed by atoms with Crippen molar-refractivity contribution in [2.24, 2.45) is 5.41 Å². The van der Waals surface area contributed by atoms with Crippen LogP contribution in [0.15, 0.2) is 11.0 Å². The van der Waals surface area contributed by atoms with Crippen molar-refractivity contribution < 1.29 is 13.2 Å². The molecule has 4 nitrogen and oxygen atoms in total. The number of halogens is 1. The quantitative estimate of drug-likeness (QED) is 0.780. The van der Waals surface area contributed by atoms with Crippen LogP contribution >= 0.6 is 22.0 Å². The van der Waals surface area contributed by atoms with Crippen molar-refractivity contribution >= 4 is 37.0 Å². The van der Waals surface area contributed by atoms with Crippen molar-refractivity contribution in [3.8, 4) is 0 Å². The SMILES string of the molecule is CCC1(CC)CCN(C(=O)c2cc(S(=O)(=O)Cl)c(C)s2)C1. The molecule has 1 saturated heterocycles. The van der Waals surface area contributed by atoms with Gasteiger partial charge in [-0.05, 0) is 37.7 Å². The number of rotatable bonds is 4. The molecule has 0 aliphatic carbocycles. The van der Waals surface area contributed by atoms with Gasteiger partial charge in [0.15, 0.2) is 0 Å². The Balaban J connectivity index is 2.23. The van der Waals surface area contributed by atoms with E-state index in [1.54, 1.807) is 6.92 Å². The summed E-state index contributed by atoms with van der Waals surface area (Å²) in [4.78, 5) is 15.5. The molecule has 0 unspecified atom stereocenters. The van der Waals surface area contributed by atoms with E-state index < -0.39 is 9.05 Å². The van der Waals surface area contributed by atoms with E-state index in [2.05, 4.69) is 13.8 Å². The number of hydrogen-bond donors (Lipinski definition) is 0. The summed E-state index contributed by atoms with van der Waals surface area (Å²) in [5.41, 5.74) is 0.212. The van der Waals surface area contributed by atoms with Crippen molar-refractivity contribution in [3.05, 3.63) is 15.8 Å². The fraction of sp³-hybridized carbons (Fsp3) is 0.643. The second-order valence-electron chi connectivity index (χ2n) is 5.65. The predicted octanol–water partition coefficient (Wildman–Crippen LogP) is 3.64. The van der Waals surface area contributed by atoms with Gasteiger partial charge in [0.2, 0.25) is 0 Å². The van der Waals surface area contributed by atoms with Gasteiger partial charge in [-0.15, -0.1) is 11.3 Å². The molecule has 7 heteroatoms. The third-order valence-electron chi connectivity index (χ3n) is 4.57. The average Bonchev–Trinajstić information content (AvgIpc) is 3.01. The van der Waals surface area contributed by atoms with Crippen LogP contribution in [0.4, 0.5) is 0 Å². The van der Waals surface area contributed by atoms with Gasteiger partial charge in [-0.25, -0.2) is 8.42 Å². The summed E-state index contributed by atoms with van der Waals surface area (Å²) in [6.45, 7) is 7.47. The van der Waals surface area contributed by atoms with Gasteiger partial charge in [-0.3, -0.25) is 4.79 Å². The highest BCUT2D eigenvalue weighted by atomic mass is 35.7. The Bertz CT molecular complexity index is 647. The van der Waals surface area contributed by atoms with Crippen molar-refractivity contribution in [2.45, 2.75) is 44.9 Å². The third-order valence-corrected chi connectivity index (χ3v) is 7.19. The molecule has 21 heavy (non-hydrogen) atoms. The number of carbonyl (C=O) groups is 1. The van der Waals surface area contributed by atoms with E-state index >= 15 is 0 Å². The van der Waals surface area contributed by atoms with Crippen LogP contribution in [0, 0.1) is 12.3 Å². The van der Waals surface area contributed by atoms with Crippen LogP contribution in [0.5, 0.6) is 0 Å². The Labute approximate surface area is 134 Å². The summed E-state index contributed by atoms with van der Waals surface area (Å²) in [7, 11) is 1.60. The van der Waals surface area contributed by atoms with E-state index in [9.17, 15) is 13.2 Å². The first-order chi connectivity index (χ1) is 9.72. The van der Waals surface area contributed by atoms with Gasteiger partial charge in [0.25, 0.3) is 15.0 Å². The zero-order valence-electron chi connectivity index (χ0n) is 12.5. The molecule has 0 N–H and O–H groups in total. The summed E-state index contributed by atoms with van der Waals surface area (Å²) in [5.74, 6) is -0.0848. The van der Waals surface area contributed by atoms with Gasteiger partial charge in [0.05, 0.1) is 9.77 Å². The van der Waals surface area contributed by atoms with Gasteiger partial charge in [0.1, 0.15) is 0 Å². The molecule has 1 amide bonds. The lowest BCUT2D eigenvalue weighted by molar-refractivity contribution is 0.0774. The molecule has 0 spiro atoms. The molecule has 1 aliphatic rings. The number of amides is 1. The topological polar surface area (TPSA) is 54.5 Å². The van der Waals surface area contributed by atoms with Gasteiger partial charge in [-0.1, -0.05) is 13.8 Å². The Morgan fingerprint density at radius 1 is 1.43 bits per heavy atom. The number of thiophene rings is 1. The molecule has 0 radical (unpaired) electrons. The van der Waals surface area contributed by atoms with Gasteiger partial charge in [-0.2, -0.15) is 0 Å². The summed E-state index contributed by atoms with van der Waals surface area (Å²) >= 11 is 1.20. The van der Waals surface area contributed by atoms with Gasteiger partial charge < -0.3 is 4.90 Å². The van der Waals surface area contributed by atoms with Crippen LogP contribution in [-0.4, -0.2) is 32.3 Å². The molecule has 0 atom stereocenters. The molecule has 1 aromatic heterocycles. The van der Waals surface area contributed by atoms with Crippen LogP contribution in [0.1, 0.15) is 47.7 Å². The van der Waals surface area contributed by atoms with E-state index in [1.807, 2.05) is 4.90 Å². The normalized spacial score (nSPS) is 18.2. The zero-order chi connectivity index (χ0) is 15.8. The van der Waals surface area contributed by atoms with Crippen LogP contribution < -0.4 is 0 Å². The minimum absolute atomic E-state index is 0.0500. The lowest BCUT2D eigenvalue weighted by atomic mass is 9.82. The van der Waals surface area contributed by atoms with E-state index in [1.165, 1.54) is 17.4 Å². The summed E-state index contributed by atoms with van der Waals surface area (Å²) in [6, 6.07) is 1.41. The van der Waals surface area contributed by atoms with E-state index in [0.717, 1.165) is 32.4 Å². The molecule has 2 rings (SSSR count). The largest absolute Gasteiger partial charge is 0.337 e. The number of nitrogens with zero attached hydrogens (tertiary/aromatic N) is 1. The zero-order valence-corrected chi connectivity index (χ0v) is 14.9. The van der Waals surface area contributed by atoms with Crippen LogP contribution in [0.3, 0.4) is 0 Å². The third kappa shape index (κ3) is 3.27. The molecule has 1 aliphatic heterocycles. The van der Waals surface area contributed by atoms with Crippen molar-refractivity contribution in [1.82, 2.24) is 4.90 Å². The highest BCUT2D eigenvalue weighted by Gasteiger charge is 2.37. The van der Waals surface area contributed by atoms with Crippen molar-refractivity contribution in [3.63, 3.8) is 0 Å². The molecule has 118 valence electrons. The monoisotopic (exact) mass is 349 g/mol. The molecule has 0 bridgehead atoms. The molecule has 1 aromatic rings. The molecular weight excluding hydrogens is 330 g/mol. The number of carbonyl (C=O) groups excluding carboxylic acids is 1. The van der Waals surface area contributed by atoms with Crippen molar-refractivity contribution in [1.29, 1.82) is 0 Å². The molecule has 2 heterocycles. The average molecular weight is 350 g/mol. The minimum atomic E-state index is -3.79. The van der Waals surface area contributed by atoms with E-state index in [0.29, 0.717) is 9.75 Å². The fourth-order valence-corrected chi connectivity index (χ4v) is 5.54. The number of hydrogen-bond acceptors (Lipinski definition) is 4. The summed E-state index contributed by atoms with van der Waals surface area (Å²) < 4.78 is 22.9. The number of likely N-dealkylation sites (tertiary alicyclic amines) is 1. The molecule has 0 saturated carbocycles. The minimum Gasteiger partial charge on any atom is -0.337 e. The Kier molecular flexibility index (Phi) is 4.71. The Morgan fingerprint density at radius 2 is 2.05 bits per heavy atom. The highest BCUT2D eigenvalue weighted by molar-refractivity contribution is 8.13. The molecule has 0 aromatic carbocycles. The number of aryl methyl sites for hydroxylation is 1. The highest BCUT2D eigenvalue weighted by Crippen LogP contribution is 2.38. The standard InChI is InChI=1S/C14H20ClNO3S2/c1-4-14(5-2)6-7-16(9-14)13(17)11-8-12(10(3)20-11)21(15,18)19/h8H,4-7,9H2,1-3H3. The molecule has 1 fully saturated rings. The first-order valence-corrected chi connectivity index (χ1v) is 10.2. The Morgan fingerprint density at radius 3 is 2.48 bits per heavy atom. The van der Waals surface area contributed by atoms with E-state index in [-0.39, 0.29) is 16.2 Å². The van der Waals surface area contributed by atoms with Gasteiger partial charge >= 0.3 is 0 Å². The second-order valence-corrected chi connectivity index (χ2v) is 9.44. The van der Waals surface area contributed by atoms with Crippen LogP contribution in [0.25, 0.3) is 0 Å². The van der Waals surface area contributed by atoms with Crippen molar-refractivity contribution in [2.75, 3.05) is 13.1 Å². The second kappa shape index (κ2) is 5.89. The maximum atomic E-state index is 12.6. The predicted molar refractivity (Wildman–Crippen MR) is 85.6 cm³/mol. The van der Waals surface area contributed by atoms with Crippen LogP contribution in [-0.2, 0) is 9.05 Å². The van der Waals surface area contributed by atoms with Crippen LogP contribution in [0.2, 0.25) is 0 Å². The first kappa shape index (κ1) is 16.8. The Hall–Kier alpha value is -0.590. The lowest BCUT2D eigenvalue weighted by Crippen LogP contribution is -2.31. The first-order valence-electron chi connectivity index (χ1n) is 7.07. The maximum absolute atomic E-state index is 12.6. The van der Waals surface area contributed by atoms with Gasteiger partial charge in [0, 0.05) is 28.6 Å². The lowest BCUT2D eigenvalue weighted by Gasteiger charge is -2.26. The summed E-state index contributed by atoms with van der Waals surface area (Å²) in [6.07, 6.45) is 3.12. The molecular formula is C14H20ClNO3S2. The maximum Gasteiger partial charge on any atom is 0.263 e. The fourth-order valence-electron chi connectivity index (χ4n) is 2.90. The summed E-state index contributed by atoms with van der Waals surface area (Å²) in [5, 5.41) is 0. The van der Waals surface area contributed by atoms with E-state index in [4.69, 9.17) is 10.7 Å².